The van der Waals surface area contributed by atoms with Crippen LogP contribution >= 0.6 is 0 Å². The number of nitrogens with two attached hydrogens (primary N) is 1. The smallest absolute Gasteiger partial charge is 0.329 e. The second-order valence-corrected chi connectivity index (χ2v) is 4.70. The number of hydrogen-bond donors (Lipinski definition) is 2. The Balaban J connectivity index is 3.13. The van der Waals surface area contributed by atoms with Gasteiger partial charge >= 0.3 is 18.0 Å². The van der Waals surface area contributed by atoms with E-state index in [4.69, 9.17) is 15.7 Å². The van der Waals surface area contributed by atoms with Gasteiger partial charge in [0.25, 0.3) is 0 Å². The molecule has 3 N–H and O–H groups in total. The van der Waals surface area contributed by atoms with Crippen molar-refractivity contribution >= 4 is 29.9 Å². The van der Waals surface area contributed by atoms with Crippen molar-refractivity contribution in [3.05, 3.63) is 29.8 Å². The van der Waals surface area contributed by atoms with Crippen LogP contribution in [0.3, 0.4) is 0 Å². The summed E-state index contributed by atoms with van der Waals surface area (Å²) in [5.41, 5.74) is 6.30. The predicted octanol–water partition coefficient (Wildman–Crippen LogP) is 0.875. The Morgan fingerprint density at radius 1 is 1.25 bits per heavy atom. The normalized spacial score (nSPS) is 11.8. The summed E-state index contributed by atoms with van der Waals surface area (Å²) >= 11 is 0. The van der Waals surface area contributed by atoms with Crippen LogP contribution < -0.4 is 10.6 Å². The summed E-state index contributed by atoms with van der Waals surface area (Å²) in [5.74, 6) is -1.23. The second-order valence-electron chi connectivity index (χ2n) is 4.70. The van der Waals surface area contributed by atoms with Gasteiger partial charge in [0.15, 0.2) is 0 Å². The zero-order valence-electron chi connectivity index (χ0n) is 13.3. The van der Waals surface area contributed by atoms with E-state index >= 15 is 0 Å². The molecule has 0 bridgehead atoms. The van der Waals surface area contributed by atoms with Crippen LogP contribution in [0.15, 0.2) is 29.4 Å². The Hall–Kier alpha value is -3.10. The minimum atomic E-state index is -1.08. The molecule has 1 aromatic carbocycles. The van der Waals surface area contributed by atoms with Crippen molar-refractivity contribution in [2.75, 3.05) is 19.1 Å². The lowest BCUT2D eigenvalue weighted by Crippen LogP contribution is -2.48. The topological polar surface area (TPSA) is 132 Å². The summed E-state index contributed by atoms with van der Waals surface area (Å²) < 4.78 is 9.24. The fourth-order valence-corrected chi connectivity index (χ4v) is 2.09. The highest BCUT2D eigenvalue weighted by atomic mass is 16.5. The highest BCUT2D eigenvalue weighted by Crippen LogP contribution is 2.21. The van der Waals surface area contributed by atoms with E-state index in [1.165, 1.54) is 32.6 Å². The van der Waals surface area contributed by atoms with Gasteiger partial charge in [0.2, 0.25) is 0 Å². The lowest BCUT2D eigenvalue weighted by atomic mass is 10.1. The average molecular weight is 337 g/mol. The van der Waals surface area contributed by atoms with Gasteiger partial charge in [-0.3, -0.25) is 9.69 Å². The molecule has 0 aliphatic rings. The van der Waals surface area contributed by atoms with Crippen LogP contribution in [0.1, 0.15) is 18.4 Å². The van der Waals surface area contributed by atoms with Crippen molar-refractivity contribution in [1.29, 1.82) is 0 Å². The maximum Gasteiger partial charge on any atom is 0.329 e. The summed E-state index contributed by atoms with van der Waals surface area (Å²) in [6, 6.07) is 4.23. The van der Waals surface area contributed by atoms with E-state index in [1.54, 1.807) is 12.1 Å². The van der Waals surface area contributed by atoms with Crippen molar-refractivity contribution in [3.63, 3.8) is 0 Å². The molecule has 0 spiro atoms. The Labute approximate surface area is 138 Å². The molecule has 1 unspecified atom stereocenters. The molecule has 0 heterocycles. The van der Waals surface area contributed by atoms with Crippen LogP contribution in [0.4, 0.5) is 10.5 Å². The maximum absolute atomic E-state index is 12.0. The lowest BCUT2D eigenvalue weighted by molar-refractivity contribution is -0.143. The third-order valence-corrected chi connectivity index (χ3v) is 3.25. The third-order valence-electron chi connectivity index (χ3n) is 3.25. The number of benzene rings is 1. The Morgan fingerprint density at radius 2 is 1.88 bits per heavy atom. The molecule has 0 fully saturated rings. The summed E-state index contributed by atoms with van der Waals surface area (Å²) in [7, 11) is 2.40. The highest BCUT2D eigenvalue weighted by molar-refractivity contribution is 5.98. The fourth-order valence-electron chi connectivity index (χ4n) is 2.09. The van der Waals surface area contributed by atoms with E-state index in [0.717, 1.165) is 4.90 Å². The van der Waals surface area contributed by atoms with Crippen LogP contribution in [0, 0.1) is 0 Å². The first kappa shape index (κ1) is 18.9. The molecule has 0 aliphatic heterocycles. The molecule has 24 heavy (non-hydrogen) atoms. The number of urea groups is 1. The molecule has 9 heteroatoms. The monoisotopic (exact) mass is 337 g/mol. The number of esters is 2. The third kappa shape index (κ3) is 4.97. The van der Waals surface area contributed by atoms with E-state index < -0.39 is 24.0 Å². The largest absolute Gasteiger partial charge is 0.469 e. The molecule has 2 amide bonds. The minimum absolute atomic E-state index is 0.0118. The maximum atomic E-state index is 12.0. The van der Waals surface area contributed by atoms with E-state index in [1.807, 2.05) is 0 Å². The molecular weight excluding hydrogens is 318 g/mol. The fraction of sp³-hybridized carbons (Fsp3) is 0.333. The van der Waals surface area contributed by atoms with Crippen LogP contribution in [-0.2, 0) is 19.1 Å². The number of primary amides is 1. The van der Waals surface area contributed by atoms with Crippen LogP contribution in [-0.4, -0.2) is 49.7 Å². The number of methoxy groups -OCH3 is 2. The van der Waals surface area contributed by atoms with Gasteiger partial charge in [-0.15, -0.1) is 0 Å². The summed E-state index contributed by atoms with van der Waals surface area (Å²) in [6.45, 7) is 0. The minimum Gasteiger partial charge on any atom is -0.469 e. The van der Waals surface area contributed by atoms with Gasteiger partial charge in [0, 0.05) is 12.1 Å². The lowest BCUT2D eigenvalue weighted by Gasteiger charge is -2.28. The van der Waals surface area contributed by atoms with Crippen molar-refractivity contribution < 1.29 is 29.1 Å². The molecule has 0 saturated heterocycles. The average Bonchev–Trinajstić information content (AvgIpc) is 2.58. The Morgan fingerprint density at radius 3 is 2.33 bits per heavy atom. The summed E-state index contributed by atoms with van der Waals surface area (Å²) in [6.07, 6.45) is 1.10. The predicted molar refractivity (Wildman–Crippen MR) is 84.9 cm³/mol. The highest BCUT2D eigenvalue weighted by Gasteiger charge is 2.31. The number of carbonyl (C=O) groups is 3. The van der Waals surface area contributed by atoms with E-state index in [-0.39, 0.29) is 12.8 Å². The van der Waals surface area contributed by atoms with Crippen LogP contribution in [0.25, 0.3) is 0 Å². The number of rotatable bonds is 7. The molecule has 1 rings (SSSR count). The second kappa shape index (κ2) is 9.13. The van der Waals surface area contributed by atoms with E-state index in [0.29, 0.717) is 11.3 Å². The van der Waals surface area contributed by atoms with Crippen LogP contribution in [0.5, 0.6) is 0 Å². The first-order valence-corrected chi connectivity index (χ1v) is 6.95. The number of oxime groups is 1. The zero-order valence-corrected chi connectivity index (χ0v) is 13.3. The number of anilines is 1. The molecule has 0 radical (unpaired) electrons. The van der Waals surface area contributed by atoms with E-state index in [9.17, 15) is 14.4 Å². The number of amides is 2. The first-order valence-electron chi connectivity index (χ1n) is 6.95. The number of ether oxygens (including phenoxy) is 2. The van der Waals surface area contributed by atoms with Crippen molar-refractivity contribution in [3.8, 4) is 0 Å². The van der Waals surface area contributed by atoms with Gasteiger partial charge in [-0.05, 0) is 24.1 Å². The number of carbonyl (C=O) groups excluding carboxylic acids is 3. The van der Waals surface area contributed by atoms with Crippen LogP contribution in [0.2, 0.25) is 0 Å². The first-order chi connectivity index (χ1) is 11.4. The van der Waals surface area contributed by atoms with Crippen molar-refractivity contribution in [1.82, 2.24) is 0 Å². The molecule has 130 valence electrons. The Bertz CT molecular complexity index is 614. The summed E-state index contributed by atoms with van der Waals surface area (Å²) in [4.78, 5) is 36.2. The quantitative estimate of drug-likeness (QED) is 0.328. The van der Waals surface area contributed by atoms with Gasteiger partial charge in [0.1, 0.15) is 6.04 Å². The summed E-state index contributed by atoms with van der Waals surface area (Å²) in [5, 5.41) is 11.4. The number of nitrogens with zero attached hydrogens (tertiary/aromatic N) is 2. The molecular formula is C15H19N3O6. The SMILES string of the molecule is COC(=O)CCC(C(=O)OC)N(C(N)=O)c1ccc(C=NO)cc1. The standard InChI is InChI=1S/C15H19N3O6/c1-23-13(19)8-7-12(14(20)24-2)18(15(16)21)11-5-3-10(4-6-11)9-17-22/h3-6,9,12,22H,7-8H2,1-2H3,(H2,16,21). The zero-order chi connectivity index (χ0) is 18.1. The molecule has 0 saturated carbocycles. The van der Waals surface area contributed by atoms with Gasteiger partial charge in [-0.1, -0.05) is 17.3 Å². The molecule has 9 nitrogen and oxygen atoms in total. The van der Waals surface area contributed by atoms with Gasteiger partial charge in [-0.25, -0.2) is 9.59 Å². The van der Waals surface area contributed by atoms with Crippen molar-refractivity contribution in [2.45, 2.75) is 18.9 Å². The molecule has 0 aliphatic carbocycles. The van der Waals surface area contributed by atoms with Gasteiger partial charge in [0.05, 0.1) is 20.4 Å². The van der Waals surface area contributed by atoms with Gasteiger partial charge < -0.3 is 20.4 Å². The molecule has 0 aromatic heterocycles. The van der Waals surface area contributed by atoms with E-state index in [2.05, 4.69) is 9.89 Å². The van der Waals surface area contributed by atoms with Crippen molar-refractivity contribution in [2.24, 2.45) is 10.9 Å². The molecule has 1 atom stereocenters. The Kier molecular flexibility index (Phi) is 7.21. The molecule has 1 aromatic rings. The van der Waals surface area contributed by atoms with Gasteiger partial charge in [-0.2, -0.15) is 0 Å². The number of hydrogen-bond acceptors (Lipinski definition) is 7.